The van der Waals surface area contributed by atoms with Crippen molar-refractivity contribution in [1.82, 2.24) is 9.97 Å². The maximum absolute atomic E-state index is 13.2. The van der Waals surface area contributed by atoms with Crippen molar-refractivity contribution in [3.63, 3.8) is 0 Å². The topological polar surface area (TPSA) is 100 Å². The summed E-state index contributed by atoms with van der Waals surface area (Å²) in [5, 5.41) is 9.81. The Morgan fingerprint density at radius 1 is 1.31 bits per heavy atom. The molecular weight excluding hydrogens is 354 g/mol. The van der Waals surface area contributed by atoms with Crippen LogP contribution in [-0.2, 0) is 26.5 Å². The number of anilines is 1. The van der Waals surface area contributed by atoms with E-state index in [-0.39, 0.29) is 22.9 Å². The van der Waals surface area contributed by atoms with Gasteiger partial charge >= 0.3 is 0 Å². The van der Waals surface area contributed by atoms with Crippen molar-refractivity contribution >= 4 is 21.6 Å². The summed E-state index contributed by atoms with van der Waals surface area (Å²) in [6.07, 6.45) is 3.78. The Bertz CT molecular complexity index is 1050. The van der Waals surface area contributed by atoms with E-state index in [1.165, 1.54) is 6.20 Å². The van der Waals surface area contributed by atoms with Crippen molar-refractivity contribution in [3.8, 4) is 5.75 Å². The SMILES string of the molecule is CC1(C)C(=O)N([C@H]2CCc3c(O)cccc32)c2nc(S(C)(=O)=O)ncc21. The molecule has 136 valence electrons. The third kappa shape index (κ3) is 2.25. The van der Waals surface area contributed by atoms with Crippen molar-refractivity contribution in [1.29, 1.82) is 0 Å². The first kappa shape index (κ1) is 17.0. The van der Waals surface area contributed by atoms with Gasteiger partial charge in [0.25, 0.3) is 0 Å². The molecule has 1 amide bonds. The quantitative estimate of drug-likeness (QED) is 0.807. The summed E-state index contributed by atoms with van der Waals surface area (Å²) >= 11 is 0. The molecule has 26 heavy (non-hydrogen) atoms. The van der Waals surface area contributed by atoms with Gasteiger partial charge in [-0.3, -0.25) is 9.69 Å². The third-order valence-electron chi connectivity index (χ3n) is 5.26. The molecule has 0 fully saturated rings. The summed E-state index contributed by atoms with van der Waals surface area (Å²) < 4.78 is 23.8. The van der Waals surface area contributed by atoms with Crippen LogP contribution in [0.25, 0.3) is 0 Å². The second-order valence-electron chi connectivity index (χ2n) is 7.36. The summed E-state index contributed by atoms with van der Waals surface area (Å²) in [6, 6.07) is 4.99. The molecular formula is C18H19N3O4S. The second-order valence-corrected chi connectivity index (χ2v) is 9.27. The molecule has 1 atom stereocenters. The van der Waals surface area contributed by atoms with Crippen LogP contribution in [0, 0.1) is 0 Å². The number of hydrogen-bond donors (Lipinski definition) is 1. The lowest BCUT2D eigenvalue weighted by atomic mass is 9.88. The van der Waals surface area contributed by atoms with E-state index in [1.807, 2.05) is 6.07 Å². The zero-order valence-electron chi connectivity index (χ0n) is 14.7. The lowest BCUT2D eigenvalue weighted by Crippen LogP contribution is -2.38. The van der Waals surface area contributed by atoms with Crippen LogP contribution < -0.4 is 4.90 Å². The van der Waals surface area contributed by atoms with Gasteiger partial charge in [-0.05, 0) is 43.9 Å². The highest BCUT2D eigenvalue weighted by molar-refractivity contribution is 7.90. The average molecular weight is 373 g/mol. The number of rotatable bonds is 2. The zero-order valence-corrected chi connectivity index (χ0v) is 15.5. The monoisotopic (exact) mass is 373 g/mol. The molecule has 2 heterocycles. The van der Waals surface area contributed by atoms with Crippen molar-refractivity contribution in [3.05, 3.63) is 41.1 Å². The zero-order chi connectivity index (χ0) is 18.9. The van der Waals surface area contributed by atoms with E-state index in [9.17, 15) is 18.3 Å². The van der Waals surface area contributed by atoms with E-state index in [1.54, 1.807) is 30.9 Å². The van der Waals surface area contributed by atoms with Crippen LogP contribution in [0.2, 0.25) is 0 Å². The Balaban J connectivity index is 1.90. The van der Waals surface area contributed by atoms with Crippen molar-refractivity contribution in [2.45, 2.75) is 43.3 Å². The molecule has 4 rings (SSSR count). The summed E-state index contributed by atoms with van der Waals surface area (Å²) in [7, 11) is -3.59. The minimum atomic E-state index is -3.59. The molecule has 1 N–H and O–H groups in total. The van der Waals surface area contributed by atoms with Crippen LogP contribution in [0.4, 0.5) is 5.82 Å². The number of amides is 1. The Morgan fingerprint density at radius 2 is 2.04 bits per heavy atom. The van der Waals surface area contributed by atoms with Gasteiger partial charge in [0.2, 0.25) is 20.9 Å². The van der Waals surface area contributed by atoms with Crippen LogP contribution in [0.15, 0.2) is 29.6 Å². The Morgan fingerprint density at radius 3 is 2.73 bits per heavy atom. The van der Waals surface area contributed by atoms with Gasteiger partial charge in [0, 0.05) is 18.0 Å². The van der Waals surface area contributed by atoms with Gasteiger partial charge < -0.3 is 5.11 Å². The van der Waals surface area contributed by atoms with Gasteiger partial charge in [-0.15, -0.1) is 0 Å². The molecule has 1 aromatic carbocycles. The fourth-order valence-electron chi connectivity index (χ4n) is 3.84. The first-order valence-corrected chi connectivity index (χ1v) is 10.2. The maximum atomic E-state index is 13.2. The molecule has 0 saturated carbocycles. The van der Waals surface area contributed by atoms with Gasteiger partial charge in [0.05, 0.1) is 11.5 Å². The number of aromatic nitrogens is 2. The smallest absolute Gasteiger partial charge is 0.248 e. The number of hydrogen-bond acceptors (Lipinski definition) is 6. The van der Waals surface area contributed by atoms with E-state index in [0.717, 1.165) is 17.4 Å². The molecule has 1 aliphatic carbocycles. The summed E-state index contributed by atoms with van der Waals surface area (Å²) in [6.45, 7) is 3.58. The molecule has 0 unspecified atom stereocenters. The standard InChI is InChI=1S/C18H19N3O4S/c1-18(2)12-9-19-17(26(3,24)25)20-15(12)21(16(18)23)13-8-7-11-10(13)5-4-6-14(11)22/h4-6,9,13,22H,7-8H2,1-3H3/t13-/m0/s1. The van der Waals surface area contributed by atoms with Crippen LogP contribution >= 0.6 is 0 Å². The molecule has 8 heteroatoms. The van der Waals surface area contributed by atoms with Gasteiger partial charge in [0.15, 0.2) is 0 Å². The molecule has 0 saturated heterocycles. The number of carbonyl (C=O) groups excluding carboxylic acids is 1. The molecule has 0 bridgehead atoms. The van der Waals surface area contributed by atoms with Crippen molar-refractivity contribution < 1.29 is 18.3 Å². The minimum Gasteiger partial charge on any atom is -0.508 e. The predicted molar refractivity (Wildman–Crippen MR) is 94.8 cm³/mol. The first-order valence-electron chi connectivity index (χ1n) is 8.34. The Kier molecular flexibility index (Phi) is 3.43. The van der Waals surface area contributed by atoms with Crippen LogP contribution in [0.1, 0.15) is 43.0 Å². The maximum Gasteiger partial charge on any atom is 0.248 e. The van der Waals surface area contributed by atoms with Crippen LogP contribution in [0.3, 0.4) is 0 Å². The lowest BCUT2D eigenvalue weighted by molar-refractivity contribution is -0.122. The number of nitrogens with zero attached hydrogens (tertiary/aromatic N) is 3. The van der Waals surface area contributed by atoms with Crippen molar-refractivity contribution in [2.75, 3.05) is 11.2 Å². The highest BCUT2D eigenvalue weighted by atomic mass is 32.2. The highest BCUT2D eigenvalue weighted by Gasteiger charge is 2.49. The van der Waals surface area contributed by atoms with Crippen LogP contribution in [0.5, 0.6) is 5.75 Å². The Labute approximate surface area is 151 Å². The van der Waals surface area contributed by atoms with Crippen LogP contribution in [-0.4, -0.2) is 35.7 Å². The average Bonchev–Trinajstić information content (AvgIpc) is 3.06. The van der Waals surface area contributed by atoms with E-state index in [0.29, 0.717) is 24.2 Å². The van der Waals surface area contributed by atoms with Crippen molar-refractivity contribution in [2.24, 2.45) is 0 Å². The number of benzene rings is 1. The predicted octanol–water partition coefficient (Wildman–Crippen LogP) is 1.90. The first-order chi connectivity index (χ1) is 12.1. The molecule has 0 radical (unpaired) electrons. The fraction of sp³-hybridized carbons (Fsp3) is 0.389. The second kappa shape index (κ2) is 5.26. The number of aromatic hydroxyl groups is 1. The number of carbonyl (C=O) groups is 1. The van der Waals surface area contributed by atoms with E-state index in [2.05, 4.69) is 9.97 Å². The molecule has 7 nitrogen and oxygen atoms in total. The normalized spacial score (nSPS) is 21.0. The van der Waals surface area contributed by atoms with Gasteiger partial charge in [-0.25, -0.2) is 18.4 Å². The molecule has 0 spiro atoms. The number of phenolic OH excluding ortho intramolecular Hbond substituents is 1. The fourth-order valence-corrected chi connectivity index (χ4v) is 4.34. The molecule has 1 aromatic heterocycles. The number of fused-ring (bicyclic) bond motifs is 2. The third-order valence-corrected chi connectivity index (χ3v) is 6.12. The largest absolute Gasteiger partial charge is 0.508 e. The van der Waals surface area contributed by atoms with Gasteiger partial charge in [-0.1, -0.05) is 12.1 Å². The van der Waals surface area contributed by atoms with E-state index >= 15 is 0 Å². The lowest BCUT2D eigenvalue weighted by Gasteiger charge is -2.26. The minimum absolute atomic E-state index is 0.145. The summed E-state index contributed by atoms with van der Waals surface area (Å²) in [5.41, 5.74) is 1.48. The molecule has 1 aliphatic heterocycles. The van der Waals surface area contributed by atoms with Gasteiger partial charge in [0.1, 0.15) is 11.6 Å². The summed E-state index contributed by atoms with van der Waals surface area (Å²) in [4.78, 5) is 22.9. The highest BCUT2D eigenvalue weighted by Crippen LogP contribution is 2.48. The molecule has 2 aromatic rings. The molecule has 2 aliphatic rings. The Hall–Kier alpha value is -2.48. The van der Waals surface area contributed by atoms with Gasteiger partial charge in [-0.2, -0.15) is 0 Å². The van der Waals surface area contributed by atoms with E-state index < -0.39 is 15.3 Å². The summed E-state index contributed by atoms with van der Waals surface area (Å²) in [5.74, 6) is 0.418. The number of sulfone groups is 1. The number of phenols is 1. The van der Waals surface area contributed by atoms with E-state index in [4.69, 9.17) is 0 Å².